The lowest BCUT2D eigenvalue weighted by Gasteiger charge is -2.19. The molecule has 0 radical (unpaired) electrons. The summed E-state index contributed by atoms with van der Waals surface area (Å²) < 4.78 is 7.67. The molecule has 2 aromatic heterocycles. The lowest BCUT2D eigenvalue weighted by Crippen LogP contribution is -2.34. The van der Waals surface area contributed by atoms with Gasteiger partial charge >= 0.3 is 0 Å². The molecule has 0 spiro atoms. The van der Waals surface area contributed by atoms with Gasteiger partial charge in [0.05, 0.1) is 24.0 Å². The molecule has 0 saturated carbocycles. The average Bonchev–Trinajstić information content (AvgIpc) is 3.35. The first-order valence-electron chi connectivity index (χ1n) is 11.7. The number of hydrogen-bond donors (Lipinski definition) is 2. The Labute approximate surface area is 210 Å². The Morgan fingerprint density at radius 3 is 2.47 bits per heavy atom. The van der Waals surface area contributed by atoms with E-state index in [2.05, 4.69) is 26.8 Å². The molecule has 0 aliphatic heterocycles. The summed E-state index contributed by atoms with van der Waals surface area (Å²) in [6, 6.07) is 22.1. The van der Waals surface area contributed by atoms with Crippen LogP contribution in [0.15, 0.2) is 85.3 Å². The number of benzene rings is 2. The highest BCUT2D eigenvalue weighted by Gasteiger charge is 2.20. The Balaban J connectivity index is 1.37. The zero-order chi connectivity index (χ0) is 25.3. The quantitative estimate of drug-likeness (QED) is 0.350. The number of ether oxygens (including phenoxy) is 1. The molecule has 182 valence electrons. The normalized spacial score (nSPS) is 12.4. The number of hydrogen-bond acceptors (Lipinski definition) is 6. The third-order valence-electron chi connectivity index (χ3n) is 5.74. The van der Waals surface area contributed by atoms with Gasteiger partial charge in [0.25, 0.3) is 0 Å². The van der Waals surface area contributed by atoms with Crippen LogP contribution in [-0.2, 0) is 18.3 Å². The Hall–Kier alpha value is -4.48. The number of anilines is 1. The highest BCUT2D eigenvalue weighted by atomic mass is 16.5. The standard InChI is InChI=1S/C28H28N6O2/c1-20(24-17-32-34(2)19-24)36-25-12-13-26(31-18-25)33-28(35)27(23-6-4-3-5-7-23)30-15-14-21-8-10-22(16-29)11-9-21/h3-13,17-20,27,30H,14-15H2,1-2H3,(H,31,33,35)/t20?,27-/m1/s1. The predicted molar refractivity (Wildman–Crippen MR) is 137 cm³/mol. The monoisotopic (exact) mass is 480 g/mol. The van der Waals surface area contributed by atoms with E-state index in [0.29, 0.717) is 23.7 Å². The van der Waals surface area contributed by atoms with Crippen molar-refractivity contribution in [1.29, 1.82) is 5.26 Å². The van der Waals surface area contributed by atoms with E-state index in [9.17, 15) is 4.79 Å². The molecular formula is C28H28N6O2. The number of amides is 1. The zero-order valence-corrected chi connectivity index (χ0v) is 20.3. The molecule has 0 bridgehead atoms. The fourth-order valence-corrected chi connectivity index (χ4v) is 3.76. The first-order valence-corrected chi connectivity index (χ1v) is 11.7. The number of carbonyl (C=O) groups excluding carboxylic acids is 1. The molecule has 0 saturated heterocycles. The highest BCUT2D eigenvalue weighted by molar-refractivity contribution is 5.94. The van der Waals surface area contributed by atoms with E-state index < -0.39 is 6.04 Å². The van der Waals surface area contributed by atoms with E-state index in [1.807, 2.05) is 62.6 Å². The number of pyridine rings is 1. The summed E-state index contributed by atoms with van der Waals surface area (Å²) in [5.41, 5.74) is 3.54. The zero-order valence-electron chi connectivity index (χ0n) is 20.3. The number of nitriles is 1. The number of rotatable bonds is 10. The highest BCUT2D eigenvalue weighted by Crippen LogP contribution is 2.22. The molecule has 0 aliphatic carbocycles. The fourth-order valence-electron chi connectivity index (χ4n) is 3.76. The molecule has 0 aliphatic rings. The SMILES string of the molecule is CC(Oc1ccc(NC(=O)[C@H](NCCc2ccc(C#N)cc2)c2ccccc2)nc1)c1cnn(C)c1. The van der Waals surface area contributed by atoms with Crippen LogP contribution in [0.1, 0.15) is 41.3 Å². The van der Waals surface area contributed by atoms with Gasteiger partial charge in [-0.15, -0.1) is 0 Å². The van der Waals surface area contributed by atoms with E-state index in [-0.39, 0.29) is 12.0 Å². The van der Waals surface area contributed by atoms with Gasteiger partial charge < -0.3 is 15.4 Å². The van der Waals surface area contributed by atoms with Crippen molar-refractivity contribution in [2.24, 2.45) is 7.05 Å². The molecule has 36 heavy (non-hydrogen) atoms. The van der Waals surface area contributed by atoms with Crippen LogP contribution in [0.4, 0.5) is 5.82 Å². The van der Waals surface area contributed by atoms with Crippen LogP contribution in [-0.4, -0.2) is 27.2 Å². The lowest BCUT2D eigenvalue weighted by molar-refractivity contribution is -0.118. The Kier molecular flexibility index (Phi) is 8.06. The maximum Gasteiger partial charge on any atom is 0.247 e. The van der Waals surface area contributed by atoms with E-state index in [1.165, 1.54) is 0 Å². The molecule has 8 heteroatoms. The van der Waals surface area contributed by atoms with Gasteiger partial charge in [-0.3, -0.25) is 9.48 Å². The smallest absolute Gasteiger partial charge is 0.247 e. The van der Waals surface area contributed by atoms with Crippen LogP contribution in [0.2, 0.25) is 0 Å². The van der Waals surface area contributed by atoms with Gasteiger partial charge in [0.15, 0.2) is 0 Å². The molecule has 1 amide bonds. The fraction of sp³-hybridized carbons (Fsp3) is 0.214. The first-order chi connectivity index (χ1) is 17.5. The summed E-state index contributed by atoms with van der Waals surface area (Å²) in [7, 11) is 1.86. The van der Waals surface area contributed by atoms with E-state index >= 15 is 0 Å². The summed E-state index contributed by atoms with van der Waals surface area (Å²) >= 11 is 0. The Morgan fingerprint density at radius 1 is 1.06 bits per heavy atom. The van der Waals surface area contributed by atoms with E-state index in [1.54, 1.807) is 41.3 Å². The number of aryl methyl sites for hydroxylation is 1. The number of nitrogens with zero attached hydrogens (tertiary/aromatic N) is 4. The molecule has 8 nitrogen and oxygen atoms in total. The lowest BCUT2D eigenvalue weighted by atomic mass is 10.1. The second-order valence-electron chi connectivity index (χ2n) is 8.43. The predicted octanol–water partition coefficient (Wildman–Crippen LogP) is 4.34. The second kappa shape index (κ2) is 11.8. The third-order valence-corrected chi connectivity index (χ3v) is 5.74. The Morgan fingerprint density at radius 2 is 1.83 bits per heavy atom. The van der Waals surface area contributed by atoms with Gasteiger partial charge in [0.1, 0.15) is 23.7 Å². The molecule has 1 unspecified atom stereocenters. The third kappa shape index (κ3) is 6.56. The van der Waals surface area contributed by atoms with Crippen molar-refractivity contribution in [3.05, 3.63) is 108 Å². The summed E-state index contributed by atoms with van der Waals surface area (Å²) in [5, 5.41) is 19.4. The first kappa shape index (κ1) is 24.6. The topological polar surface area (TPSA) is 105 Å². The van der Waals surface area contributed by atoms with Crippen LogP contribution in [0.3, 0.4) is 0 Å². The van der Waals surface area contributed by atoms with Gasteiger partial charge in [-0.05, 0) is 48.7 Å². The van der Waals surface area contributed by atoms with Gasteiger partial charge in [0, 0.05) is 25.4 Å². The molecule has 2 N–H and O–H groups in total. The van der Waals surface area contributed by atoms with Gasteiger partial charge in [-0.1, -0.05) is 42.5 Å². The second-order valence-corrected chi connectivity index (χ2v) is 8.43. The summed E-state index contributed by atoms with van der Waals surface area (Å²) in [4.78, 5) is 17.6. The number of aromatic nitrogens is 3. The van der Waals surface area contributed by atoms with Crippen LogP contribution < -0.4 is 15.4 Å². The summed E-state index contributed by atoms with van der Waals surface area (Å²) in [6.45, 7) is 2.53. The summed E-state index contributed by atoms with van der Waals surface area (Å²) in [6.07, 6.45) is 5.82. The maximum atomic E-state index is 13.2. The minimum atomic E-state index is -0.548. The molecule has 2 aromatic carbocycles. The Bertz CT molecular complexity index is 1310. The minimum Gasteiger partial charge on any atom is -0.484 e. The summed E-state index contributed by atoms with van der Waals surface area (Å²) in [5.74, 6) is 0.839. The van der Waals surface area contributed by atoms with Crippen molar-refractivity contribution in [3.8, 4) is 11.8 Å². The van der Waals surface area contributed by atoms with Gasteiger partial charge in [-0.25, -0.2) is 4.98 Å². The average molecular weight is 481 g/mol. The molecule has 4 aromatic rings. The van der Waals surface area contributed by atoms with Crippen molar-refractivity contribution in [2.75, 3.05) is 11.9 Å². The molecule has 0 fully saturated rings. The van der Waals surface area contributed by atoms with Crippen LogP contribution in [0.25, 0.3) is 0 Å². The maximum absolute atomic E-state index is 13.2. The molecular weight excluding hydrogens is 452 g/mol. The minimum absolute atomic E-state index is 0.177. The largest absolute Gasteiger partial charge is 0.484 e. The molecule has 4 rings (SSSR count). The van der Waals surface area contributed by atoms with Crippen molar-refractivity contribution >= 4 is 11.7 Å². The van der Waals surface area contributed by atoms with Crippen molar-refractivity contribution < 1.29 is 9.53 Å². The van der Waals surface area contributed by atoms with Crippen molar-refractivity contribution in [2.45, 2.75) is 25.5 Å². The molecule has 2 atom stereocenters. The van der Waals surface area contributed by atoms with Crippen molar-refractivity contribution in [1.82, 2.24) is 20.1 Å². The van der Waals surface area contributed by atoms with Gasteiger partial charge in [-0.2, -0.15) is 10.4 Å². The number of nitrogens with one attached hydrogen (secondary N) is 2. The van der Waals surface area contributed by atoms with Crippen molar-refractivity contribution in [3.63, 3.8) is 0 Å². The van der Waals surface area contributed by atoms with Crippen LogP contribution in [0.5, 0.6) is 5.75 Å². The van der Waals surface area contributed by atoms with E-state index in [4.69, 9.17) is 10.00 Å². The van der Waals surface area contributed by atoms with Gasteiger partial charge in [0.2, 0.25) is 5.91 Å². The number of carbonyl (C=O) groups is 1. The van der Waals surface area contributed by atoms with Crippen LogP contribution in [0, 0.1) is 11.3 Å². The molecule has 2 heterocycles. The van der Waals surface area contributed by atoms with E-state index in [0.717, 1.165) is 23.1 Å². The van der Waals surface area contributed by atoms with Crippen LogP contribution >= 0.6 is 0 Å².